The quantitative estimate of drug-likeness (QED) is 0.849. The maximum Gasteiger partial charge on any atom is 0.434 e. The monoisotopic (exact) mass is 395 g/mol. The minimum Gasteiger partial charge on any atom is -0.478 e. The Kier molecular flexibility index (Phi) is 5.44. The van der Waals surface area contributed by atoms with E-state index in [4.69, 9.17) is 5.11 Å². The third-order valence-electron chi connectivity index (χ3n) is 4.99. The molecule has 0 spiro atoms. The van der Waals surface area contributed by atoms with Gasteiger partial charge in [-0.3, -0.25) is 4.79 Å². The van der Waals surface area contributed by atoms with Gasteiger partial charge in [-0.1, -0.05) is 6.92 Å². The SMILES string of the molecule is CCC1CCCCN1C(=O)c1ccc(-n2ncc(C(=O)O)c2C(F)(F)F)cc1. The smallest absolute Gasteiger partial charge is 0.434 e. The van der Waals surface area contributed by atoms with Crippen LogP contribution in [0.2, 0.25) is 0 Å². The Hall–Kier alpha value is -2.84. The van der Waals surface area contributed by atoms with E-state index in [-0.39, 0.29) is 17.6 Å². The summed E-state index contributed by atoms with van der Waals surface area (Å²) in [5.74, 6) is -1.86. The number of halogens is 3. The average Bonchev–Trinajstić information content (AvgIpc) is 3.13. The lowest BCUT2D eigenvalue weighted by atomic mass is 9.99. The molecule has 1 fully saturated rings. The topological polar surface area (TPSA) is 75.4 Å². The van der Waals surface area contributed by atoms with Gasteiger partial charge in [-0.25, -0.2) is 9.48 Å². The third kappa shape index (κ3) is 3.74. The first-order valence-corrected chi connectivity index (χ1v) is 9.04. The van der Waals surface area contributed by atoms with Crippen LogP contribution in [-0.2, 0) is 6.18 Å². The lowest BCUT2D eigenvalue weighted by molar-refractivity contribution is -0.143. The molecule has 1 saturated heterocycles. The molecule has 3 rings (SSSR count). The highest BCUT2D eigenvalue weighted by molar-refractivity contribution is 5.94. The van der Waals surface area contributed by atoms with Crippen molar-refractivity contribution < 1.29 is 27.9 Å². The molecule has 1 N–H and O–H groups in total. The normalized spacial score (nSPS) is 17.6. The van der Waals surface area contributed by atoms with E-state index in [0.717, 1.165) is 25.7 Å². The number of benzene rings is 1. The Morgan fingerprint density at radius 1 is 1.21 bits per heavy atom. The molecule has 0 bridgehead atoms. The second-order valence-corrected chi connectivity index (χ2v) is 6.72. The number of hydrogen-bond donors (Lipinski definition) is 1. The van der Waals surface area contributed by atoms with Crippen molar-refractivity contribution in [1.82, 2.24) is 14.7 Å². The van der Waals surface area contributed by atoms with Gasteiger partial charge in [0.05, 0.1) is 11.9 Å². The van der Waals surface area contributed by atoms with Gasteiger partial charge in [0.15, 0.2) is 5.69 Å². The predicted molar refractivity (Wildman–Crippen MR) is 94.5 cm³/mol. The van der Waals surface area contributed by atoms with Crippen molar-refractivity contribution in [3.05, 3.63) is 47.3 Å². The van der Waals surface area contributed by atoms with Crippen molar-refractivity contribution in [2.75, 3.05) is 6.54 Å². The van der Waals surface area contributed by atoms with Gasteiger partial charge in [-0.15, -0.1) is 0 Å². The van der Waals surface area contributed by atoms with Gasteiger partial charge in [0.25, 0.3) is 5.91 Å². The summed E-state index contributed by atoms with van der Waals surface area (Å²) < 4.78 is 40.5. The Bertz CT molecular complexity index is 875. The first-order valence-electron chi connectivity index (χ1n) is 9.04. The molecule has 1 atom stereocenters. The summed E-state index contributed by atoms with van der Waals surface area (Å²) in [7, 11) is 0. The van der Waals surface area contributed by atoms with E-state index in [9.17, 15) is 22.8 Å². The first kappa shape index (κ1) is 19.9. The fourth-order valence-electron chi connectivity index (χ4n) is 3.58. The number of amides is 1. The zero-order chi connectivity index (χ0) is 20.5. The van der Waals surface area contributed by atoms with Crippen molar-refractivity contribution >= 4 is 11.9 Å². The predicted octanol–water partition coefficient (Wildman–Crippen LogP) is 3.99. The number of alkyl halides is 3. The molecular formula is C19H20F3N3O3. The van der Waals surface area contributed by atoms with Crippen molar-refractivity contribution in [2.24, 2.45) is 0 Å². The Morgan fingerprint density at radius 2 is 1.89 bits per heavy atom. The van der Waals surface area contributed by atoms with E-state index in [0.29, 0.717) is 23.0 Å². The number of piperidine rings is 1. The van der Waals surface area contributed by atoms with Crippen LogP contribution < -0.4 is 0 Å². The van der Waals surface area contributed by atoms with E-state index in [2.05, 4.69) is 5.10 Å². The zero-order valence-corrected chi connectivity index (χ0v) is 15.2. The molecule has 28 heavy (non-hydrogen) atoms. The van der Waals surface area contributed by atoms with E-state index < -0.39 is 23.4 Å². The molecule has 0 saturated carbocycles. The minimum absolute atomic E-state index is 0.0297. The van der Waals surface area contributed by atoms with Crippen LogP contribution in [0.4, 0.5) is 13.2 Å². The molecule has 150 valence electrons. The fourth-order valence-corrected chi connectivity index (χ4v) is 3.58. The second kappa shape index (κ2) is 7.65. The van der Waals surface area contributed by atoms with Crippen molar-refractivity contribution in [3.63, 3.8) is 0 Å². The van der Waals surface area contributed by atoms with E-state index >= 15 is 0 Å². The van der Waals surface area contributed by atoms with Crippen LogP contribution in [0.5, 0.6) is 0 Å². The van der Waals surface area contributed by atoms with Crippen molar-refractivity contribution in [2.45, 2.75) is 44.8 Å². The maximum atomic E-state index is 13.3. The molecule has 2 heterocycles. The summed E-state index contributed by atoms with van der Waals surface area (Å²) >= 11 is 0. The number of likely N-dealkylation sites (tertiary alicyclic amines) is 1. The number of carboxylic acids is 1. The fraction of sp³-hybridized carbons (Fsp3) is 0.421. The summed E-state index contributed by atoms with van der Waals surface area (Å²) in [5.41, 5.74) is -1.88. The highest BCUT2D eigenvalue weighted by atomic mass is 19.4. The maximum absolute atomic E-state index is 13.3. The molecule has 1 aromatic carbocycles. The van der Waals surface area contributed by atoms with Crippen LogP contribution in [0, 0.1) is 0 Å². The van der Waals surface area contributed by atoms with Gasteiger partial charge in [-0.05, 0) is 49.9 Å². The molecular weight excluding hydrogens is 375 g/mol. The molecule has 0 radical (unpaired) electrons. The van der Waals surface area contributed by atoms with E-state index in [1.165, 1.54) is 24.3 Å². The van der Waals surface area contributed by atoms with Crippen LogP contribution in [0.25, 0.3) is 5.69 Å². The number of carbonyl (C=O) groups is 2. The molecule has 1 aromatic heterocycles. The highest BCUT2D eigenvalue weighted by Gasteiger charge is 2.40. The Labute approximate surface area is 159 Å². The van der Waals surface area contributed by atoms with Crippen LogP contribution in [0.1, 0.15) is 59.0 Å². The first-order chi connectivity index (χ1) is 13.2. The van der Waals surface area contributed by atoms with Crippen molar-refractivity contribution in [3.8, 4) is 5.69 Å². The van der Waals surface area contributed by atoms with E-state index in [1.807, 2.05) is 11.8 Å². The number of nitrogens with zero attached hydrogens (tertiary/aromatic N) is 3. The van der Waals surface area contributed by atoms with Crippen molar-refractivity contribution in [1.29, 1.82) is 0 Å². The van der Waals surface area contributed by atoms with Gasteiger partial charge in [-0.2, -0.15) is 18.3 Å². The summed E-state index contributed by atoms with van der Waals surface area (Å²) in [6.45, 7) is 2.69. The Morgan fingerprint density at radius 3 is 2.46 bits per heavy atom. The number of aromatic nitrogens is 2. The molecule has 6 nitrogen and oxygen atoms in total. The van der Waals surface area contributed by atoms with Gasteiger partial charge in [0, 0.05) is 18.2 Å². The minimum atomic E-state index is -4.89. The number of carbonyl (C=O) groups excluding carboxylic acids is 1. The summed E-state index contributed by atoms with van der Waals surface area (Å²) in [4.78, 5) is 25.7. The average molecular weight is 395 g/mol. The number of aromatic carboxylic acids is 1. The van der Waals surface area contributed by atoms with Gasteiger partial charge in [0.2, 0.25) is 0 Å². The molecule has 1 unspecified atom stereocenters. The van der Waals surface area contributed by atoms with Gasteiger partial charge >= 0.3 is 12.1 Å². The molecule has 1 amide bonds. The standard InChI is InChI=1S/C19H20F3N3O3/c1-2-13-5-3-4-10-24(13)17(26)12-6-8-14(9-7-12)25-16(19(20,21)22)15(11-23-25)18(27)28/h6-9,11,13H,2-5,10H2,1H3,(H,27,28). The molecule has 1 aliphatic heterocycles. The van der Waals surface area contributed by atoms with Gasteiger partial charge < -0.3 is 10.0 Å². The summed E-state index contributed by atoms with van der Waals surface area (Å²) in [6, 6.07) is 5.74. The molecule has 2 aromatic rings. The van der Waals surface area contributed by atoms with Crippen LogP contribution in [-0.4, -0.2) is 44.3 Å². The van der Waals surface area contributed by atoms with Crippen LogP contribution in [0.15, 0.2) is 30.5 Å². The van der Waals surface area contributed by atoms with E-state index in [1.54, 1.807) is 0 Å². The zero-order valence-electron chi connectivity index (χ0n) is 15.2. The summed E-state index contributed by atoms with van der Waals surface area (Å²) in [5, 5.41) is 12.6. The van der Waals surface area contributed by atoms with Crippen LogP contribution in [0.3, 0.4) is 0 Å². The second-order valence-electron chi connectivity index (χ2n) is 6.72. The lowest BCUT2D eigenvalue weighted by Crippen LogP contribution is -2.43. The molecule has 1 aliphatic rings. The third-order valence-corrected chi connectivity index (χ3v) is 4.99. The molecule has 0 aliphatic carbocycles. The number of rotatable bonds is 4. The Balaban J connectivity index is 1.91. The van der Waals surface area contributed by atoms with Crippen LogP contribution >= 0.6 is 0 Å². The largest absolute Gasteiger partial charge is 0.478 e. The number of hydrogen-bond acceptors (Lipinski definition) is 3. The summed E-state index contributed by atoms with van der Waals surface area (Å²) in [6.07, 6.45) is -0.414. The van der Waals surface area contributed by atoms with Gasteiger partial charge in [0.1, 0.15) is 5.56 Å². The lowest BCUT2D eigenvalue weighted by Gasteiger charge is -2.35. The molecule has 9 heteroatoms. The highest BCUT2D eigenvalue weighted by Crippen LogP contribution is 2.33. The number of carboxylic acid groups (broad SMARTS) is 1.